The van der Waals surface area contributed by atoms with Crippen LogP contribution in [-0.2, 0) is 11.4 Å². The van der Waals surface area contributed by atoms with Gasteiger partial charge in [-0.2, -0.15) is 5.26 Å². The molecule has 0 atom stereocenters. The Kier molecular flexibility index (Phi) is 5.37. The molecule has 0 aliphatic carbocycles. The lowest BCUT2D eigenvalue weighted by Gasteiger charge is -2.10. The molecule has 0 fully saturated rings. The summed E-state index contributed by atoms with van der Waals surface area (Å²) >= 11 is 5.86. The smallest absolute Gasteiger partial charge is 0.243 e. The first kappa shape index (κ1) is 15.8. The second kappa shape index (κ2) is 7.46. The molecule has 0 saturated carbocycles. The monoisotopic (exact) mass is 315 g/mol. The number of nitrogens with zero attached hydrogens (tertiary/aromatic N) is 1. The highest BCUT2D eigenvalue weighted by molar-refractivity contribution is 6.31. The normalized spacial score (nSPS) is 9.86. The number of anilines is 2. The number of hydrogen-bond acceptors (Lipinski definition) is 4. The highest BCUT2D eigenvalue weighted by atomic mass is 35.5. The van der Waals surface area contributed by atoms with Crippen LogP contribution in [0.4, 0.5) is 11.4 Å². The van der Waals surface area contributed by atoms with E-state index in [9.17, 15) is 4.79 Å². The first-order valence-corrected chi connectivity index (χ1v) is 6.93. The summed E-state index contributed by atoms with van der Waals surface area (Å²) in [4.78, 5) is 11.9. The van der Waals surface area contributed by atoms with Crippen LogP contribution in [0.2, 0.25) is 5.02 Å². The molecule has 22 heavy (non-hydrogen) atoms. The maximum absolute atomic E-state index is 11.9. The predicted octanol–water partition coefficient (Wildman–Crippen LogP) is 2.75. The molecule has 3 N–H and O–H groups in total. The highest BCUT2D eigenvalue weighted by Gasteiger charge is 2.07. The molecule has 0 radical (unpaired) electrons. The Bertz CT molecular complexity index is 726. The molecule has 0 aliphatic rings. The molecule has 112 valence electrons. The Balaban J connectivity index is 1.99. The van der Waals surface area contributed by atoms with Crippen LogP contribution in [0, 0.1) is 11.3 Å². The van der Waals surface area contributed by atoms with E-state index in [1.165, 1.54) is 6.07 Å². The second-order valence-corrected chi connectivity index (χ2v) is 5.00. The van der Waals surface area contributed by atoms with E-state index in [0.717, 1.165) is 11.3 Å². The molecule has 5 nitrogen and oxygen atoms in total. The zero-order chi connectivity index (χ0) is 15.9. The van der Waals surface area contributed by atoms with Crippen molar-refractivity contribution >= 4 is 28.9 Å². The SMILES string of the molecule is N#Cc1ccc(Cl)cc1NC(=O)CNc1cccc(CO)c1. The summed E-state index contributed by atoms with van der Waals surface area (Å²) in [6, 6.07) is 13.8. The minimum atomic E-state index is -0.298. The summed E-state index contributed by atoms with van der Waals surface area (Å²) in [6.07, 6.45) is 0. The summed E-state index contributed by atoms with van der Waals surface area (Å²) in [5.74, 6) is -0.298. The molecule has 6 heteroatoms. The number of carbonyl (C=O) groups is 1. The quantitative estimate of drug-likeness (QED) is 0.792. The van der Waals surface area contributed by atoms with Gasteiger partial charge >= 0.3 is 0 Å². The van der Waals surface area contributed by atoms with Crippen LogP contribution in [0.5, 0.6) is 0 Å². The van der Waals surface area contributed by atoms with Crippen molar-refractivity contribution in [3.8, 4) is 6.07 Å². The topological polar surface area (TPSA) is 85.2 Å². The van der Waals surface area contributed by atoms with Crippen LogP contribution >= 0.6 is 11.6 Å². The van der Waals surface area contributed by atoms with Crippen molar-refractivity contribution in [3.05, 3.63) is 58.6 Å². The van der Waals surface area contributed by atoms with Crippen molar-refractivity contribution in [1.29, 1.82) is 5.26 Å². The summed E-state index contributed by atoms with van der Waals surface area (Å²) in [7, 11) is 0. The van der Waals surface area contributed by atoms with E-state index in [4.69, 9.17) is 22.0 Å². The Morgan fingerprint density at radius 3 is 2.82 bits per heavy atom. The van der Waals surface area contributed by atoms with Crippen molar-refractivity contribution < 1.29 is 9.90 Å². The van der Waals surface area contributed by atoms with Crippen LogP contribution < -0.4 is 10.6 Å². The van der Waals surface area contributed by atoms with E-state index in [1.54, 1.807) is 36.4 Å². The van der Waals surface area contributed by atoms with Gasteiger partial charge in [0.25, 0.3) is 0 Å². The van der Waals surface area contributed by atoms with Crippen molar-refractivity contribution in [2.45, 2.75) is 6.61 Å². The molecule has 0 spiro atoms. The largest absolute Gasteiger partial charge is 0.392 e. The highest BCUT2D eigenvalue weighted by Crippen LogP contribution is 2.20. The molecular formula is C16H14ClN3O2. The van der Waals surface area contributed by atoms with E-state index in [-0.39, 0.29) is 19.1 Å². The zero-order valence-corrected chi connectivity index (χ0v) is 12.4. The van der Waals surface area contributed by atoms with Crippen molar-refractivity contribution in [3.63, 3.8) is 0 Å². The fourth-order valence-electron chi connectivity index (χ4n) is 1.87. The van der Waals surface area contributed by atoms with Crippen molar-refractivity contribution in [1.82, 2.24) is 0 Å². The minimum Gasteiger partial charge on any atom is -0.392 e. The molecule has 0 saturated heterocycles. The third kappa shape index (κ3) is 4.22. The van der Waals surface area contributed by atoms with E-state index in [1.807, 2.05) is 6.07 Å². The number of nitriles is 1. The van der Waals surface area contributed by atoms with Gasteiger partial charge in [-0.3, -0.25) is 4.79 Å². The van der Waals surface area contributed by atoms with Gasteiger partial charge in [0.2, 0.25) is 5.91 Å². The zero-order valence-electron chi connectivity index (χ0n) is 11.6. The summed E-state index contributed by atoms with van der Waals surface area (Å²) in [5, 5.41) is 24.1. The fourth-order valence-corrected chi connectivity index (χ4v) is 2.05. The molecule has 0 heterocycles. The van der Waals surface area contributed by atoms with Gasteiger partial charge in [-0.25, -0.2) is 0 Å². The number of rotatable bonds is 5. The molecule has 1 amide bonds. The third-order valence-corrected chi connectivity index (χ3v) is 3.17. The molecule has 0 unspecified atom stereocenters. The first-order chi connectivity index (χ1) is 10.6. The number of benzene rings is 2. The van der Waals surface area contributed by atoms with Crippen LogP contribution in [0.25, 0.3) is 0 Å². The lowest BCUT2D eigenvalue weighted by Crippen LogP contribution is -2.22. The van der Waals surface area contributed by atoms with E-state index in [0.29, 0.717) is 16.3 Å². The average Bonchev–Trinajstić information content (AvgIpc) is 2.53. The fraction of sp³-hybridized carbons (Fsp3) is 0.125. The maximum atomic E-state index is 11.9. The minimum absolute atomic E-state index is 0.0340. The third-order valence-electron chi connectivity index (χ3n) is 2.94. The lowest BCUT2D eigenvalue weighted by molar-refractivity contribution is -0.114. The molecule has 0 aromatic heterocycles. The summed E-state index contributed by atoms with van der Waals surface area (Å²) in [6.45, 7) is -0.0258. The van der Waals surface area contributed by atoms with Gasteiger partial charge in [0, 0.05) is 10.7 Å². The number of halogens is 1. The predicted molar refractivity (Wildman–Crippen MR) is 85.7 cm³/mol. The number of amides is 1. The molecule has 2 aromatic rings. The van der Waals surface area contributed by atoms with Gasteiger partial charge in [-0.05, 0) is 35.9 Å². The number of nitrogens with one attached hydrogen (secondary N) is 2. The number of carbonyl (C=O) groups excluding carboxylic acids is 1. The van der Waals surface area contributed by atoms with Gasteiger partial charge in [0.15, 0.2) is 0 Å². The Morgan fingerprint density at radius 1 is 1.27 bits per heavy atom. The van der Waals surface area contributed by atoms with Gasteiger partial charge in [0.05, 0.1) is 24.4 Å². The lowest BCUT2D eigenvalue weighted by atomic mass is 10.2. The second-order valence-electron chi connectivity index (χ2n) is 4.56. The number of aliphatic hydroxyl groups excluding tert-OH is 1. The average molecular weight is 316 g/mol. The van der Waals surface area contributed by atoms with Crippen LogP contribution in [0.3, 0.4) is 0 Å². The number of aliphatic hydroxyl groups is 1. The Morgan fingerprint density at radius 2 is 2.09 bits per heavy atom. The van der Waals surface area contributed by atoms with Gasteiger partial charge in [0.1, 0.15) is 6.07 Å². The molecule has 0 aliphatic heterocycles. The molecule has 0 bridgehead atoms. The van der Waals surface area contributed by atoms with Gasteiger partial charge < -0.3 is 15.7 Å². The van der Waals surface area contributed by atoms with E-state index >= 15 is 0 Å². The first-order valence-electron chi connectivity index (χ1n) is 6.55. The summed E-state index contributed by atoms with van der Waals surface area (Å²) < 4.78 is 0. The van der Waals surface area contributed by atoms with Crippen LogP contribution in [0.1, 0.15) is 11.1 Å². The number of hydrogen-bond donors (Lipinski definition) is 3. The van der Waals surface area contributed by atoms with E-state index < -0.39 is 0 Å². The van der Waals surface area contributed by atoms with Gasteiger partial charge in [-0.1, -0.05) is 23.7 Å². The molecule has 2 rings (SSSR count). The summed E-state index contributed by atoms with van der Waals surface area (Å²) in [5.41, 5.74) is 2.21. The maximum Gasteiger partial charge on any atom is 0.243 e. The van der Waals surface area contributed by atoms with Crippen molar-refractivity contribution in [2.75, 3.05) is 17.2 Å². The standard InChI is InChI=1S/C16H14ClN3O2/c17-13-5-4-12(8-18)15(7-13)20-16(22)9-19-14-3-1-2-11(6-14)10-21/h1-7,19,21H,9-10H2,(H,20,22). The molecular weight excluding hydrogens is 302 g/mol. The Labute approximate surface area is 133 Å². The van der Waals surface area contributed by atoms with Crippen LogP contribution in [-0.4, -0.2) is 17.6 Å². The molecule has 2 aromatic carbocycles. The van der Waals surface area contributed by atoms with Crippen molar-refractivity contribution in [2.24, 2.45) is 0 Å². The van der Waals surface area contributed by atoms with Gasteiger partial charge in [-0.15, -0.1) is 0 Å². The van der Waals surface area contributed by atoms with E-state index in [2.05, 4.69) is 10.6 Å². The Hall–Kier alpha value is -2.55. The van der Waals surface area contributed by atoms with Crippen LogP contribution in [0.15, 0.2) is 42.5 Å².